The first kappa shape index (κ1) is 10.8. The van der Waals surface area contributed by atoms with E-state index in [1.54, 1.807) is 0 Å². The van der Waals surface area contributed by atoms with Crippen molar-refractivity contribution >= 4 is 0 Å². The molecule has 0 aromatic heterocycles. The van der Waals surface area contributed by atoms with Crippen molar-refractivity contribution in [3.63, 3.8) is 0 Å². The van der Waals surface area contributed by atoms with Crippen LogP contribution in [0.2, 0.25) is 0 Å². The summed E-state index contributed by atoms with van der Waals surface area (Å²) in [5, 5.41) is 0. The largest absolute Gasteiger partial charge is 0.213 e. The van der Waals surface area contributed by atoms with Gasteiger partial charge in [-0.3, -0.25) is 0 Å². The lowest BCUT2D eigenvalue weighted by Crippen LogP contribution is -2.21. The second kappa shape index (κ2) is 3.83. The Morgan fingerprint density at radius 3 is 1.62 bits per heavy atom. The topological polar surface area (TPSA) is 44.5 Å². The quantitative estimate of drug-likeness (QED) is 0.419. The van der Waals surface area contributed by atoms with Crippen molar-refractivity contribution in [2.75, 3.05) is 0 Å². The van der Waals surface area contributed by atoms with Crippen molar-refractivity contribution in [1.29, 1.82) is 0 Å². The maximum absolute atomic E-state index is 4.59. The molecular formula is C5H15NO2. The molecule has 2 N–H and O–H groups in total. The second-order valence-corrected chi connectivity index (χ2v) is 2.29. The molecule has 0 spiro atoms. The van der Waals surface area contributed by atoms with E-state index in [1.165, 1.54) is 0 Å². The van der Waals surface area contributed by atoms with Crippen LogP contribution in [0.15, 0.2) is 0 Å². The number of rotatable bonds is 1. The van der Waals surface area contributed by atoms with Crippen LogP contribution in [0.4, 0.5) is 0 Å². The zero-order valence-corrected chi connectivity index (χ0v) is 4.89. The van der Waals surface area contributed by atoms with E-state index in [0.717, 1.165) is 0 Å². The fourth-order valence-corrected chi connectivity index (χ4v) is 0.144. The molecular weight excluding hydrogens is 106 g/mol. The van der Waals surface area contributed by atoms with Gasteiger partial charge in [0.2, 0.25) is 0 Å². The molecule has 0 aliphatic heterocycles. The van der Waals surface area contributed by atoms with E-state index in [1.807, 2.05) is 20.8 Å². The summed E-state index contributed by atoms with van der Waals surface area (Å²) in [6.07, 6.45) is 0. The van der Waals surface area contributed by atoms with Crippen molar-refractivity contribution in [2.24, 2.45) is 5.90 Å². The van der Waals surface area contributed by atoms with E-state index in [4.69, 9.17) is 0 Å². The van der Waals surface area contributed by atoms with E-state index in [2.05, 4.69) is 15.8 Å². The number of hydrogen-bond donors (Lipinski definition) is 1. The van der Waals surface area contributed by atoms with Crippen LogP contribution in [-0.4, -0.2) is 5.60 Å². The molecule has 0 aliphatic carbocycles. The molecule has 0 aromatic carbocycles. The van der Waals surface area contributed by atoms with Gasteiger partial charge in [0, 0.05) is 0 Å². The standard InChI is InChI=1S/C4H11NO2.CH4/c1-4(2,3)6-7-5;/h5H2,1-3H3;1H4. The molecule has 0 bridgehead atoms. The van der Waals surface area contributed by atoms with Gasteiger partial charge < -0.3 is 0 Å². The fourth-order valence-electron chi connectivity index (χ4n) is 0.144. The van der Waals surface area contributed by atoms with Crippen LogP contribution in [0.1, 0.15) is 28.2 Å². The van der Waals surface area contributed by atoms with E-state index >= 15 is 0 Å². The van der Waals surface area contributed by atoms with Crippen molar-refractivity contribution in [3.8, 4) is 0 Å². The molecule has 0 atom stereocenters. The van der Waals surface area contributed by atoms with Gasteiger partial charge in [0.25, 0.3) is 0 Å². The monoisotopic (exact) mass is 121 g/mol. The smallest absolute Gasteiger partial charge is 0.0971 e. The van der Waals surface area contributed by atoms with Crippen LogP contribution < -0.4 is 5.90 Å². The Morgan fingerprint density at radius 1 is 1.25 bits per heavy atom. The molecule has 0 unspecified atom stereocenters. The molecule has 0 radical (unpaired) electrons. The summed E-state index contributed by atoms with van der Waals surface area (Å²) in [5.41, 5.74) is -0.297. The Bertz CT molecular complexity index is 48.9. The molecule has 3 heteroatoms. The molecule has 0 saturated carbocycles. The van der Waals surface area contributed by atoms with Gasteiger partial charge in [-0.25, -0.2) is 4.89 Å². The lowest BCUT2D eigenvalue weighted by atomic mass is 10.2. The van der Waals surface area contributed by atoms with Crippen molar-refractivity contribution in [1.82, 2.24) is 0 Å². The average molecular weight is 121 g/mol. The first-order valence-electron chi connectivity index (χ1n) is 2.11. The highest BCUT2D eigenvalue weighted by Gasteiger charge is 2.09. The lowest BCUT2D eigenvalue weighted by molar-refractivity contribution is -0.353. The van der Waals surface area contributed by atoms with Crippen LogP contribution >= 0.6 is 0 Å². The first-order valence-corrected chi connectivity index (χ1v) is 2.11. The summed E-state index contributed by atoms with van der Waals surface area (Å²) in [6.45, 7) is 5.54. The van der Waals surface area contributed by atoms with Gasteiger partial charge in [0.1, 0.15) is 0 Å². The minimum absolute atomic E-state index is 0. The van der Waals surface area contributed by atoms with Crippen molar-refractivity contribution < 1.29 is 9.88 Å². The molecule has 0 heterocycles. The van der Waals surface area contributed by atoms with Crippen molar-refractivity contribution in [3.05, 3.63) is 0 Å². The SMILES string of the molecule is C.CC(C)(C)OON. The summed E-state index contributed by atoms with van der Waals surface area (Å²) < 4.78 is 0. The highest BCUT2D eigenvalue weighted by atomic mass is 17.3. The van der Waals surface area contributed by atoms with Gasteiger partial charge in [-0.15, -0.1) is 4.99 Å². The van der Waals surface area contributed by atoms with E-state index < -0.39 is 0 Å². The van der Waals surface area contributed by atoms with Gasteiger partial charge in [0.15, 0.2) is 0 Å². The Morgan fingerprint density at radius 2 is 1.62 bits per heavy atom. The average Bonchev–Trinajstić information content (AvgIpc) is 1.30. The molecule has 0 amide bonds. The predicted molar refractivity (Wildman–Crippen MR) is 32.8 cm³/mol. The van der Waals surface area contributed by atoms with Crippen LogP contribution in [0.25, 0.3) is 0 Å². The van der Waals surface area contributed by atoms with E-state index in [9.17, 15) is 0 Å². The molecule has 0 fully saturated rings. The number of nitrogens with two attached hydrogens (primary N) is 1. The molecule has 0 rings (SSSR count). The van der Waals surface area contributed by atoms with Gasteiger partial charge in [0.05, 0.1) is 5.60 Å². The van der Waals surface area contributed by atoms with E-state index in [0.29, 0.717) is 0 Å². The summed E-state index contributed by atoms with van der Waals surface area (Å²) in [4.78, 5) is 8.41. The highest BCUT2D eigenvalue weighted by molar-refractivity contribution is 4.53. The summed E-state index contributed by atoms with van der Waals surface area (Å²) in [7, 11) is 0. The van der Waals surface area contributed by atoms with Crippen molar-refractivity contribution in [2.45, 2.75) is 33.8 Å². The fraction of sp³-hybridized carbons (Fsp3) is 1.00. The van der Waals surface area contributed by atoms with Gasteiger partial charge in [-0.05, 0) is 20.8 Å². The van der Waals surface area contributed by atoms with Gasteiger partial charge in [-0.2, -0.15) is 5.90 Å². The Hall–Kier alpha value is -0.120. The minimum atomic E-state index is -0.297. The molecule has 3 nitrogen and oxygen atoms in total. The molecule has 0 aliphatic rings. The zero-order valence-electron chi connectivity index (χ0n) is 4.89. The lowest BCUT2D eigenvalue weighted by Gasteiger charge is -2.13. The maximum Gasteiger partial charge on any atom is 0.0971 e. The summed E-state index contributed by atoms with van der Waals surface area (Å²) >= 11 is 0. The third-order valence-corrected chi connectivity index (χ3v) is 0.298. The third kappa shape index (κ3) is 9.30. The molecule has 52 valence electrons. The Kier molecular flexibility index (Phi) is 5.17. The summed E-state index contributed by atoms with van der Waals surface area (Å²) in [6, 6.07) is 0. The highest BCUT2D eigenvalue weighted by Crippen LogP contribution is 2.04. The third-order valence-electron chi connectivity index (χ3n) is 0.298. The number of hydrogen-bond acceptors (Lipinski definition) is 3. The predicted octanol–water partition coefficient (Wildman–Crippen LogP) is 1.24. The molecule has 0 aromatic rings. The van der Waals surface area contributed by atoms with Crippen LogP contribution in [0.5, 0.6) is 0 Å². The van der Waals surface area contributed by atoms with E-state index in [-0.39, 0.29) is 13.0 Å². The normalized spacial score (nSPS) is 10.5. The maximum atomic E-state index is 4.59. The Balaban J connectivity index is 0. The zero-order chi connectivity index (χ0) is 5.91. The first-order chi connectivity index (χ1) is 3.06. The van der Waals surface area contributed by atoms with Crippen LogP contribution in [0.3, 0.4) is 0 Å². The minimum Gasteiger partial charge on any atom is -0.213 e. The van der Waals surface area contributed by atoms with Crippen LogP contribution in [0, 0.1) is 0 Å². The van der Waals surface area contributed by atoms with Gasteiger partial charge >= 0.3 is 0 Å². The Labute approximate surface area is 50.7 Å². The second-order valence-electron chi connectivity index (χ2n) is 2.29. The molecule has 0 saturated heterocycles. The van der Waals surface area contributed by atoms with Crippen LogP contribution in [-0.2, 0) is 9.88 Å². The van der Waals surface area contributed by atoms with Gasteiger partial charge in [-0.1, -0.05) is 7.43 Å². The molecule has 8 heavy (non-hydrogen) atoms. The summed E-state index contributed by atoms with van der Waals surface area (Å²) in [5.74, 6) is 4.59.